The third-order valence-corrected chi connectivity index (χ3v) is 5.24. The van der Waals surface area contributed by atoms with Crippen LogP contribution in [-0.4, -0.2) is 34.2 Å². The van der Waals surface area contributed by atoms with E-state index in [0.29, 0.717) is 22.5 Å². The van der Waals surface area contributed by atoms with E-state index in [4.69, 9.17) is 5.73 Å². The Balaban J connectivity index is 1.80. The second-order valence-corrected chi connectivity index (χ2v) is 7.40. The predicted octanol–water partition coefficient (Wildman–Crippen LogP) is 2.35. The Kier molecular flexibility index (Phi) is 4.91. The summed E-state index contributed by atoms with van der Waals surface area (Å²) < 4.78 is 16.9. The van der Waals surface area contributed by atoms with Gasteiger partial charge in [-0.15, -0.1) is 5.10 Å². The van der Waals surface area contributed by atoms with E-state index in [2.05, 4.69) is 20.1 Å². The zero-order valence-corrected chi connectivity index (χ0v) is 17.4. The van der Waals surface area contributed by atoms with Crippen LogP contribution in [0.2, 0.25) is 0 Å². The molecule has 0 saturated heterocycles. The number of aliphatic hydroxyl groups excluding tert-OH is 1. The van der Waals surface area contributed by atoms with Gasteiger partial charge in [-0.25, -0.2) is 14.4 Å². The van der Waals surface area contributed by atoms with Crippen LogP contribution in [0.25, 0.3) is 28.0 Å². The molecule has 0 aliphatic heterocycles. The summed E-state index contributed by atoms with van der Waals surface area (Å²) in [5.41, 5.74) is 8.61. The highest BCUT2D eigenvalue weighted by molar-refractivity contribution is 5.90. The highest BCUT2D eigenvalue weighted by Gasteiger charge is 2.25. The number of hydrogen-bond donors (Lipinski definition) is 2. The number of aliphatic hydroxyl groups is 1. The van der Waals surface area contributed by atoms with Crippen LogP contribution >= 0.6 is 0 Å². The maximum absolute atomic E-state index is 14.2. The molecule has 0 amide bonds. The number of aryl methyl sites for hydroxylation is 1. The van der Waals surface area contributed by atoms with E-state index in [9.17, 15) is 14.3 Å². The molecule has 0 bridgehead atoms. The molecular formula is C23H18FN7O2. The second kappa shape index (κ2) is 7.92. The van der Waals surface area contributed by atoms with Gasteiger partial charge < -0.3 is 15.4 Å². The van der Waals surface area contributed by atoms with Gasteiger partial charge in [-0.1, -0.05) is 30.3 Å². The summed E-state index contributed by atoms with van der Waals surface area (Å²) >= 11 is 0. The number of rotatable bonds is 4. The van der Waals surface area contributed by atoms with Gasteiger partial charge in [0.05, 0.1) is 11.3 Å². The summed E-state index contributed by atoms with van der Waals surface area (Å²) in [6, 6.07) is 15.1. The van der Waals surface area contributed by atoms with Crippen molar-refractivity contribution in [1.82, 2.24) is 29.1 Å². The Hall–Kier alpha value is -4.44. The van der Waals surface area contributed by atoms with Gasteiger partial charge in [0.1, 0.15) is 11.5 Å². The SMILES string of the molecule is Cn1cc(-c2c(-c3ccccc3)nc(N)n3nc([C@H](O)c4ncccc4F)nc23)ccc1=O. The first-order valence-electron chi connectivity index (χ1n) is 10.0. The number of nitrogen functional groups attached to an aromatic ring is 1. The minimum atomic E-state index is -1.52. The average molecular weight is 443 g/mol. The van der Waals surface area contributed by atoms with Gasteiger partial charge in [0.25, 0.3) is 0 Å². The summed E-state index contributed by atoms with van der Waals surface area (Å²) in [5.74, 6) is -0.736. The Labute approximate surface area is 186 Å². The van der Waals surface area contributed by atoms with E-state index >= 15 is 0 Å². The maximum Gasteiger partial charge on any atom is 0.250 e. The van der Waals surface area contributed by atoms with Crippen molar-refractivity contribution in [3.63, 3.8) is 0 Å². The number of halogens is 1. The second-order valence-electron chi connectivity index (χ2n) is 7.40. The summed E-state index contributed by atoms with van der Waals surface area (Å²) in [4.78, 5) is 24.9. The lowest BCUT2D eigenvalue weighted by Gasteiger charge is -2.12. The fourth-order valence-electron chi connectivity index (χ4n) is 3.62. The van der Waals surface area contributed by atoms with Gasteiger partial charge in [0.2, 0.25) is 11.5 Å². The first-order valence-corrected chi connectivity index (χ1v) is 10.0. The fraction of sp³-hybridized carbons (Fsp3) is 0.0870. The molecular weight excluding hydrogens is 425 g/mol. The van der Waals surface area contributed by atoms with Crippen molar-refractivity contribution in [2.45, 2.75) is 6.10 Å². The zero-order valence-electron chi connectivity index (χ0n) is 17.4. The Morgan fingerprint density at radius 2 is 1.82 bits per heavy atom. The molecule has 4 aromatic heterocycles. The van der Waals surface area contributed by atoms with Gasteiger partial charge >= 0.3 is 0 Å². The van der Waals surface area contributed by atoms with Gasteiger partial charge in [-0.3, -0.25) is 9.78 Å². The minimum Gasteiger partial charge on any atom is -0.378 e. The molecule has 10 heteroatoms. The van der Waals surface area contributed by atoms with E-state index in [-0.39, 0.29) is 23.0 Å². The van der Waals surface area contributed by atoms with Crippen LogP contribution in [0.15, 0.2) is 71.8 Å². The van der Waals surface area contributed by atoms with Gasteiger partial charge in [-0.05, 0) is 18.2 Å². The number of benzene rings is 1. The zero-order chi connectivity index (χ0) is 23.1. The Bertz CT molecular complexity index is 1550. The normalized spacial score (nSPS) is 12.2. The summed E-state index contributed by atoms with van der Waals surface area (Å²) in [6.45, 7) is 0. The third-order valence-electron chi connectivity index (χ3n) is 5.24. The summed E-state index contributed by atoms with van der Waals surface area (Å²) in [6.07, 6.45) is 1.51. The molecule has 3 N–H and O–H groups in total. The van der Waals surface area contributed by atoms with Crippen LogP contribution in [0.1, 0.15) is 17.6 Å². The lowest BCUT2D eigenvalue weighted by molar-refractivity contribution is 0.199. The van der Waals surface area contributed by atoms with Gasteiger partial charge in [0.15, 0.2) is 17.6 Å². The number of pyridine rings is 2. The number of aromatic nitrogens is 6. The number of hydrogen-bond acceptors (Lipinski definition) is 7. The Morgan fingerprint density at radius 3 is 2.55 bits per heavy atom. The van der Waals surface area contributed by atoms with Crippen LogP contribution in [-0.2, 0) is 7.05 Å². The number of anilines is 1. The first kappa shape index (κ1) is 20.5. The maximum atomic E-state index is 14.2. The van der Waals surface area contributed by atoms with Crippen LogP contribution < -0.4 is 11.3 Å². The van der Waals surface area contributed by atoms with Crippen molar-refractivity contribution in [2.75, 3.05) is 5.73 Å². The third kappa shape index (κ3) is 3.52. The lowest BCUT2D eigenvalue weighted by Crippen LogP contribution is -2.14. The van der Waals surface area contributed by atoms with Crippen LogP contribution in [0, 0.1) is 5.82 Å². The summed E-state index contributed by atoms with van der Waals surface area (Å²) in [7, 11) is 1.64. The molecule has 0 unspecified atom stereocenters. The molecule has 9 nitrogen and oxygen atoms in total. The number of nitrogens with two attached hydrogens (primary N) is 1. The lowest BCUT2D eigenvalue weighted by atomic mass is 10.0. The molecule has 0 aliphatic rings. The highest BCUT2D eigenvalue weighted by Crippen LogP contribution is 2.35. The first-order chi connectivity index (χ1) is 15.9. The predicted molar refractivity (Wildman–Crippen MR) is 120 cm³/mol. The highest BCUT2D eigenvalue weighted by atomic mass is 19.1. The van der Waals surface area contributed by atoms with Gasteiger partial charge in [0, 0.05) is 36.6 Å². The van der Waals surface area contributed by atoms with Crippen molar-refractivity contribution in [3.05, 3.63) is 94.7 Å². The monoisotopic (exact) mass is 443 g/mol. The fourth-order valence-corrected chi connectivity index (χ4v) is 3.62. The Morgan fingerprint density at radius 1 is 1.03 bits per heavy atom. The molecule has 0 saturated carbocycles. The minimum absolute atomic E-state index is 0.0323. The van der Waals surface area contributed by atoms with Crippen molar-refractivity contribution in [1.29, 1.82) is 0 Å². The number of nitrogens with zero attached hydrogens (tertiary/aromatic N) is 6. The molecule has 1 atom stereocenters. The van der Waals surface area contributed by atoms with E-state index in [0.717, 1.165) is 5.56 Å². The largest absolute Gasteiger partial charge is 0.378 e. The van der Waals surface area contributed by atoms with Crippen molar-refractivity contribution in [3.8, 4) is 22.4 Å². The molecule has 164 valence electrons. The standard InChI is InChI=1S/C23H18FN7O2/c1-30-12-14(9-10-16(30)32)17-18(13-6-3-2-4-7-13)27-23(25)31-22(17)28-21(29-31)20(33)19-15(24)8-5-11-26-19/h2-12,20,33H,1H3,(H2,25,27)/t20-/m1/s1. The molecule has 0 aliphatic carbocycles. The molecule has 0 spiro atoms. The van der Waals surface area contributed by atoms with Crippen LogP contribution in [0.5, 0.6) is 0 Å². The molecule has 5 rings (SSSR count). The summed E-state index contributed by atoms with van der Waals surface area (Å²) in [5, 5.41) is 15.0. The van der Waals surface area contributed by atoms with Gasteiger partial charge in [-0.2, -0.15) is 4.52 Å². The van der Waals surface area contributed by atoms with E-state index in [1.807, 2.05) is 30.3 Å². The number of fused-ring (bicyclic) bond motifs is 1. The molecule has 5 aromatic rings. The molecule has 33 heavy (non-hydrogen) atoms. The molecule has 4 heterocycles. The van der Waals surface area contributed by atoms with Crippen molar-refractivity contribution in [2.24, 2.45) is 7.05 Å². The van der Waals surface area contributed by atoms with E-state index < -0.39 is 11.9 Å². The van der Waals surface area contributed by atoms with Crippen LogP contribution in [0.3, 0.4) is 0 Å². The smallest absolute Gasteiger partial charge is 0.250 e. The van der Waals surface area contributed by atoms with Crippen LogP contribution in [0.4, 0.5) is 10.3 Å². The van der Waals surface area contributed by atoms with E-state index in [1.165, 1.54) is 33.5 Å². The topological polar surface area (TPSA) is 124 Å². The van der Waals surface area contributed by atoms with Crippen molar-refractivity contribution >= 4 is 11.6 Å². The molecule has 0 radical (unpaired) electrons. The van der Waals surface area contributed by atoms with Crippen molar-refractivity contribution < 1.29 is 9.50 Å². The quantitative estimate of drug-likeness (QED) is 0.437. The molecule has 1 aromatic carbocycles. The average Bonchev–Trinajstić information content (AvgIpc) is 3.27. The van der Waals surface area contributed by atoms with E-state index in [1.54, 1.807) is 19.3 Å². The molecule has 0 fully saturated rings.